The summed E-state index contributed by atoms with van der Waals surface area (Å²) >= 11 is 12.3. The first kappa shape index (κ1) is 22.3. The van der Waals surface area contributed by atoms with Gasteiger partial charge in [-0.2, -0.15) is 4.98 Å². The van der Waals surface area contributed by atoms with Crippen molar-refractivity contribution in [1.29, 1.82) is 0 Å². The van der Waals surface area contributed by atoms with Gasteiger partial charge >= 0.3 is 0 Å². The number of nitrogens with one attached hydrogen (secondary N) is 2. The monoisotopic (exact) mass is 472 g/mol. The van der Waals surface area contributed by atoms with Crippen LogP contribution in [0.5, 0.6) is 0 Å². The second kappa shape index (κ2) is 9.28. The van der Waals surface area contributed by atoms with Crippen molar-refractivity contribution in [3.05, 3.63) is 63.9 Å². The van der Waals surface area contributed by atoms with E-state index in [1.165, 1.54) is 0 Å². The zero-order valence-corrected chi connectivity index (χ0v) is 19.0. The number of aromatic nitrogens is 3. The van der Waals surface area contributed by atoms with Crippen LogP contribution in [-0.2, 0) is 0 Å². The lowest BCUT2D eigenvalue weighted by atomic mass is 10.1. The quantitative estimate of drug-likeness (QED) is 0.485. The van der Waals surface area contributed by atoms with Gasteiger partial charge in [-0.3, -0.25) is 4.79 Å². The highest BCUT2D eigenvalue weighted by Crippen LogP contribution is 2.27. The Hall–Kier alpha value is -2.94. The molecule has 4 rings (SSSR count). The van der Waals surface area contributed by atoms with Gasteiger partial charge in [0.1, 0.15) is 11.6 Å². The molecule has 8 nitrogen and oxygen atoms in total. The number of pyridine rings is 1. The van der Waals surface area contributed by atoms with Crippen molar-refractivity contribution in [2.45, 2.75) is 25.9 Å². The summed E-state index contributed by atoms with van der Waals surface area (Å²) in [5.74, 6) is 1.41. The third-order valence-electron chi connectivity index (χ3n) is 4.93. The van der Waals surface area contributed by atoms with Gasteiger partial charge in [-0.1, -0.05) is 43.1 Å². The molecule has 32 heavy (non-hydrogen) atoms. The summed E-state index contributed by atoms with van der Waals surface area (Å²) in [6.07, 6.45) is 1.22. The van der Waals surface area contributed by atoms with Gasteiger partial charge in [0.15, 0.2) is 0 Å². The molecule has 0 aliphatic carbocycles. The highest BCUT2D eigenvalue weighted by atomic mass is 35.5. The third kappa shape index (κ3) is 4.93. The van der Waals surface area contributed by atoms with Crippen LogP contribution in [0.25, 0.3) is 0 Å². The van der Waals surface area contributed by atoms with Crippen LogP contribution in [0.2, 0.25) is 10.0 Å². The lowest BCUT2D eigenvalue weighted by Gasteiger charge is -2.36. The predicted molar refractivity (Wildman–Crippen MR) is 126 cm³/mol. The van der Waals surface area contributed by atoms with E-state index in [2.05, 4.69) is 39.4 Å². The molecule has 0 spiro atoms. The van der Waals surface area contributed by atoms with Crippen LogP contribution in [0.4, 0.5) is 23.3 Å². The van der Waals surface area contributed by atoms with Gasteiger partial charge in [0, 0.05) is 37.1 Å². The molecule has 1 saturated heterocycles. The van der Waals surface area contributed by atoms with Crippen molar-refractivity contribution in [1.82, 2.24) is 15.0 Å². The average molecular weight is 473 g/mol. The third-order valence-corrected chi connectivity index (χ3v) is 5.56. The van der Waals surface area contributed by atoms with Crippen LogP contribution in [0.3, 0.4) is 0 Å². The maximum Gasteiger partial charge on any atom is 0.258 e. The van der Waals surface area contributed by atoms with Gasteiger partial charge in [0.25, 0.3) is 5.91 Å². The van der Waals surface area contributed by atoms with E-state index in [1.54, 1.807) is 36.5 Å². The van der Waals surface area contributed by atoms with Gasteiger partial charge in [0.2, 0.25) is 5.95 Å². The number of rotatable bonds is 6. The first-order valence-electron chi connectivity index (χ1n) is 10.1. The number of carbonyl (C=O) groups is 1. The minimum atomic E-state index is -0.416. The Balaban J connectivity index is 1.54. The zero-order chi connectivity index (χ0) is 22.8. The first-order valence-corrected chi connectivity index (χ1v) is 10.9. The van der Waals surface area contributed by atoms with Gasteiger partial charge in [0.05, 0.1) is 27.4 Å². The number of aliphatic hydroxyl groups excluding tert-OH is 1. The molecule has 0 bridgehead atoms. The normalized spacial score (nSPS) is 13.8. The molecule has 1 fully saturated rings. The summed E-state index contributed by atoms with van der Waals surface area (Å²) in [6.45, 7) is 5.11. The molecule has 3 N–H and O–H groups in total. The van der Waals surface area contributed by atoms with E-state index in [9.17, 15) is 9.90 Å². The van der Waals surface area contributed by atoms with Crippen molar-refractivity contribution < 1.29 is 9.90 Å². The summed E-state index contributed by atoms with van der Waals surface area (Å²) in [5, 5.41) is 16.1. The van der Waals surface area contributed by atoms with Gasteiger partial charge in [-0.25, -0.2) is 9.97 Å². The van der Waals surface area contributed by atoms with Gasteiger partial charge in [-0.15, -0.1) is 0 Å². The van der Waals surface area contributed by atoms with Crippen LogP contribution in [0, 0.1) is 0 Å². The Morgan fingerprint density at radius 2 is 1.84 bits per heavy atom. The summed E-state index contributed by atoms with van der Waals surface area (Å²) in [5.41, 5.74) is 1.60. The molecule has 1 aromatic carbocycles. The fraction of sp³-hybridized carbons (Fsp3) is 0.273. The van der Waals surface area contributed by atoms with E-state index in [0.29, 0.717) is 36.4 Å². The van der Waals surface area contributed by atoms with Gasteiger partial charge in [-0.05, 0) is 24.1 Å². The van der Waals surface area contributed by atoms with Crippen molar-refractivity contribution in [2.24, 2.45) is 0 Å². The minimum Gasteiger partial charge on any atom is -0.389 e. The molecule has 1 aliphatic heterocycles. The lowest BCUT2D eigenvalue weighted by Crippen LogP contribution is -2.51. The molecule has 1 aliphatic rings. The smallest absolute Gasteiger partial charge is 0.258 e. The van der Waals surface area contributed by atoms with E-state index in [0.717, 1.165) is 5.69 Å². The lowest BCUT2D eigenvalue weighted by molar-refractivity contribution is 0.102. The van der Waals surface area contributed by atoms with Crippen molar-refractivity contribution in [2.75, 3.05) is 28.6 Å². The standard InChI is InChI=1S/C22H22Cl2N6O2/c1-12(2)17-9-19(29-22(27-17)30-10-14(31)11-30)28-18-8-13(6-7-25-18)26-21(32)20-15(23)4-3-5-16(20)24/h3-9,12,14,31H,10-11H2,1-2H3,(H2,25,26,27,28,29,32). The number of hydrogen-bond acceptors (Lipinski definition) is 7. The Morgan fingerprint density at radius 3 is 2.50 bits per heavy atom. The molecule has 10 heteroatoms. The molecular formula is C22H22Cl2N6O2. The Kier molecular flexibility index (Phi) is 6.45. The summed E-state index contributed by atoms with van der Waals surface area (Å²) in [4.78, 5) is 28.1. The average Bonchev–Trinajstić information content (AvgIpc) is 2.71. The Labute approximate surface area is 195 Å². The molecule has 0 saturated carbocycles. The molecule has 0 atom stereocenters. The summed E-state index contributed by atoms with van der Waals surface area (Å²) < 4.78 is 0. The van der Waals surface area contributed by atoms with E-state index in [4.69, 9.17) is 23.2 Å². The van der Waals surface area contributed by atoms with Crippen molar-refractivity contribution >= 4 is 52.4 Å². The highest BCUT2D eigenvalue weighted by molar-refractivity contribution is 6.40. The Morgan fingerprint density at radius 1 is 1.12 bits per heavy atom. The highest BCUT2D eigenvalue weighted by Gasteiger charge is 2.27. The molecule has 3 aromatic rings. The Bertz CT molecular complexity index is 1130. The summed E-state index contributed by atoms with van der Waals surface area (Å²) in [7, 11) is 0. The van der Waals surface area contributed by atoms with E-state index < -0.39 is 5.91 Å². The number of hydrogen-bond donors (Lipinski definition) is 3. The zero-order valence-electron chi connectivity index (χ0n) is 17.5. The second-order valence-electron chi connectivity index (χ2n) is 7.80. The largest absolute Gasteiger partial charge is 0.389 e. The molecule has 3 heterocycles. The van der Waals surface area contributed by atoms with Crippen LogP contribution in [-0.4, -0.2) is 45.2 Å². The van der Waals surface area contributed by atoms with E-state index in [-0.39, 0.29) is 27.6 Å². The number of amides is 1. The number of carbonyl (C=O) groups excluding carboxylic acids is 1. The fourth-order valence-corrected chi connectivity index (χ4v) is 3.76. The number of benzene rings is 1. The van der Waals surface area contributed by atoms with Crippen LogP contribution < -0.4 is 15.5 Å². The SMILES string of the molecule is CC(C)c1cc(Nc2cc(NC(=O)c3c(Cl)cccc3Cl)ccn2)nc(N2CC(O)C2)n1. The number of β-amino-alcohol motifs (C(OH)–C–C–N with tert-alkyl or cyclic N) is 1. The first-order chi connectivity index (χ1) is 15.3. The number of aliphatic hydroxyl groups is 1. The topological polar surface area (TPSA) is 103 Å². The van der Waals surface area contributed by atoms with Crippen molar-refractivity contribution in [3.8, 4) is 0 Å². The van der Waals surface area contributed by atoms with Crippen molar-refractivity contribution in [3.63, 3.8) is 0 Å². The second-order valence-corrected chi connectivity index (χ2v) is 8.61. The fourth-order valence-electron chi connectivity index (χ4n) is 3.19. The van der Waals surface area contributed by atoms with Gasteiger partial charge < -0.3 is 20.6 Å². The molecule has 0 unspecified atom stereocenters. The maximum atomic E-state index is 12.7. The maximum absolute atomic E-state index is 12.7. The number of nitrogens with zero attached hydrogens (tertiary/aromatic N) is 4. The van der Waals surface area contributed by atoms with Crippen LogP contribution >= 0.6 is 23.2 Å². The summed E-state index contributed by atoms with van der Waals surface area (Å²) in [6, 6.07) is 10.1. The molecule has 2 aromatic heterocycles. The molecular weight excluding hydrogens is 451 g/mol. The molecule has 1 amide bonds. The number of halogens is 2. The van der Waals surface area contributed by atoms with E-state index >= 15 is 0 Å². The number of anilines is 4. The minimum absolute atomic E-state index is 0.197. The van der Waals surface area contributed by atoms with Crippen LogP contribution in [0.15, 0.2) is 42.6 Å². The molecule has 0 radical (unpaired) electrons. The predicted octanol–water partition coefficient (Wildman–Crippen LogP) is 4.48. The molecule has 166 valence electrons. The van der Waals surface area contributed by atoms with Crippen LogP contribution in [0.1, 0.15) is 35.8 Å². The van der Waals surface area contributed by atoms with E-state index in [1.807, 2.05) is 11.0 Å².